The van der Waals surface area contributed by atoms with Crippen LogP contribution in [0.25, 0.3) is 40.0 Å². The fourth-order valence-corrected chi connectivity index (χ4v) is 3.94. The summed E-state index contributed by atoms with van der Waals surface area (Å²) in [4.78, 5) is 17.2. The van der Waals surface area contributed by atoms with Crippen molar-refractivity contribution in [3.63, 3.8) is 0 Å². The van der Waals surface area contributed by atoms with Crippen molar-refractivity contribution in [2.75, 3.05) is 12.4 Å². The van der Waals surface area contributed by atoms with Gasteiger partial charge in [-0.2, -0.15) is 0 Å². The lowest BCUT2D eigenvalue weighted by Crippen LogP contribution is -2.09. The standard InChI is InChI=1S/C27H18Cl2N2O4/c1-33-23-12-9-16(27-31-20-7-2-3-8-24(20)35-27)15-21(23)30-25(32)14-11-17-10-13-22(34-17)18-5-4-6-19(28)26(18)29/h2-15H,1H3,(H,30,32). The molecule has 174 valence electrons. The first kappa shape index (κ1) is 22.8. The largest absolute Gasteiger partial charge is 0.495 e. The van der Waals surface area contributed by atoms with Crippen LogP contribution in [0.5, 0.6) is 5.75 Å². The number of halogens is 2. The van der Waals surface area contributed by atoms with E-state index in [1.54, 1.807) is 42.5 Å². The Kier molecular flexibility index (Phi) is 6.31. The highest BCUT2D eigenvalue weighted by Gasteiger charge is 2.13. The van der Waals surface area contributed by atoms with E-state index in [4.69, 9.17) is 36.8 Å². The van der Waals surface area contributed by atoms with Gasteiger partial charge in [0.15, 0.2) is 5.58 Å². The zero-order valence-electron chi connectivity index (χ0n) is 18.4. The van der Waals surface area contributed by atoms with Crippen LogP contribution in [0.4, 0.5) is 5.69 Å². The minimum Gasteiger partial charge on any atom is -0.495 e. The van der Waals surface area contributed by atoms with Crippen molar-refractivity contribution in [1.29, 1.82) is 0 Å². The smallest absolute Gasteiger partial charge is 0.248 e. The Balaban J connectivity index is 1.34. The molecule has 0 saturated heterocycles. The highest BCUT2D eigenvalue weighted by molar-refractivity contribution is 6.43. The van der Waals surface area contributed by atoms with E-state index in [1.165, 1.54) is 13.2 Å². The zero-order chi connectivity index (χ0) is 24.4. The molecule has 2 aromatic heterocycles. The maximum absolute atomic E-state index is 12.6. The third kappa shape index (κ3) is 4.80. The van der Waals surface area contributed by atoms with E-state index >= 15 is 0 Å². The lowest BCUT2D eigenvalue weighted by molar-refractivity contribution is -0.111. The predicted molar refractivity (Wildman–Crippen MR) is 138 cm³/mol. The molecule has 0 saturated carbocycles. The molecule has 35 heavy (non-hydrogen) atoms. The molecule has 5 aromatic rings. The van der Waals surface area contributed by atoms with Crippen LogP contribution < -0.4 is 10.1 Å². The molecule has 3 aromatic carbocycles. The van der Waals surface area contributed by atoms with Crippen molar-refractivity contribution < 1.29 is 18.4 Å². The Morgan fingerprint density at radius 1 is 1.00 bits per heavy atom. The average Bonchev–Trinajstić information content (AvgIpc) is 3.52. The minimum atomic E-state index is -0.364. The van der Waals surface area contributed by atoms with E-state index in [-0.39, 0.29) is 5.91 Å². The Labute approximate surface area is 210 Å². The first-order valence-electron chi connectivity index (χ1n) is 10.6. The van der Waals surface area contributed by atoms with Crippen LogP contribution in [0.3, 0.4) is 0 Å². The number of nitrogens with one attached hydrogen (secondary N) is 1. The molecule has 0 atom stereocenters. The van der Waals surface area contributed by atoms with E-state index < -0.39 is 0 Å². The zero-order valence-corrected chi connectivity index (χ0v) is 19.9. The summed E-state index contributed by atoms with van der Waals surface area (Å²) < 4.78 is 17.0. The summed E-state index contributed by atoms with van der Waals surface area (Å²) in [6, 6.07) is 21.6. The fraction of sp³-hybridized carbons (Fsp3) is 0.0370. The van der Waals surface area contributed by atoms with Crippen molar-refractivity contribution in [3.8, 4) is 28.5 Å². The monoisotopic (exact) mass is 504 g/mol. The van der Waals surface area contributed by atoms with Crippen LogP contribution >= 0.6 is 23.2 Å². The van der Waals surface area contributed by atoms with Crippen molar-refractivity contribution in [2.24, 2.45) is 0 Å². The molecule has 0 fully saturated rings. The third-order valence-electron chi connectivity index (χ3n) is 5.24. The molecule has 1 N–H and O–H groups in total. The number of hydrogen-bond donors (Lipinski definition) is 1. The molecule has 5 rings (SSSR count). The third-order valence-corrected chi connectivity index (χ3v) is 6.06. The number of carbonyl (C=O) groups is 1. The molecule has 0 spiro atoms. The molecule has 0 aliphatic heterocycles. The lowest BCUT2D eigenvalue weighted by atomic mass is 10.2. The number of fused-ring (bicyclic) bond motifs is 1. The molecule has 0 unspecified atom stereocenters. The van der Waals surface area contributed by atoms with Gasteiger partial charge in [-0.05, 0) is 60.7 Å². The number of nitrogens with zero attached hydrogens (tertiary/aromatic N) is 1. The van der Waals surface area contributed by atoms with Gasteiger partial charge in [-0.1, -0.05) is 41.4 Å². The van der Waals surface area contributed by atoms with Crippen LogP contribution in [0.2, 0.25) is 10.0 Å². The number of aromatic nitrogens is 1. The van der Waals surface area contributed by atoms with Crippen molar-refractivity contribution >= 4 is 52.0 Å². The Morgan fingerprint density at radius 3 is 2.69 bits per heavy atom. The van der Waals surface area contributed by atoms with E-state index in [9.17, 15) is 4.79 Å². The topological polar surface area (TPSA) is 77.5 Å². The summed E-state index contributed by atoms with van der Waals surface area (Å²) in [7, 11) is 1.53. The summed E-state index contributed by atoms with van der Waals surface area (Å²) in [5.41, 5.74) is 3.29. The number of hydrogen-bond acceptors (Lipinski definition) is 5. The van der Waals surface area contributed by atoms with Gasteiger partial charge in [0.05, 0.1) is 22.8 Å². The van der Waals surface area contributed by atoms with Gasteiger partial charge < -0.3 is 18.9 Å². The van der Waals surface area contributed by atoms with Crippen LogP contribution in [0.15, 0.2) is 87.7 Å². The first-order valence-corrected chi connectivity index (χ1v) is 11.3. The van der Waals surface area contributed by atoms with Crippen molar-refractivity contribution in [1.82, 2.24) is 4.98 Å². The molecule has 2 heterocycles. The van der Waals surface area contributed by atoms with Gasteiger partial charge in [0.25, 0.3) is 0 Å². The Bertz CT molecular complexity index is 1540. The number of para-hydroxylation sites is 2. The summed E-state index contributed by atoms with van der Waals surface area (Å²) >= 11 is 12.4. The van der Waals surface area contributed by atoms with Gasteiger partial charge in [-0.25, -0.2) is 4.98 Å². The van der Waals surface area contributed by atoms with Gasteiger partial charge in [-0.15, -0.1) is 0 Å². The van der Waals surface area contributed by atoms with E-state index in [0.717, 1.165) is 5.52 Å². The highest BCUT2D eigenvalue weighted by Crippen LogP contribution is 2.35. The summed E-state index contributed by atoms with van der Waals surface area (Å²) in [6.07, 6.45) is 2.93. The second-order valence-electron chi connectivity index (χ2n) is 7.53. The molecular formula is C27H18Cl2N2O4. The maximum Gasteiger partial charge on any atom is 0.248 e. The van der Waals surface area contributed by atoms with Gasteiger partial charge in [-0.3, -0.25) is 4.79 Å². The summed E-state index contributed by atoms with van der Waals surface area (Å²) in [5.74, 6) is 1.62. The van der Waals surface area contributed by atoms with Crippen LogP contribution in [0.1, 0.15) is 5.76 Å². The lowest BCUT2D eigenvalue weighted by Gasteiger charge is -2.10. The van der Waals surface area contributed by atoms with E-state index in [0.29, 0.717) is 55.6 Å². The van der Waals surface area contributed by atoms with Crippen LogP contribution in [0, 0.1) is 0 Å². The molecule has 0 radical (unpaired) electrons. The van der Waals surface area contributed by atoms with E-state index in [2.05, 4.69) is 10.3 Å². The van der Waals surface area contributed by atoms with Crippen LogP contribution in [-0.4, -0.2) is 18.0 Å². The number of carbonyl (C=O) groups excluding carboxylic acids is 1. The second-order valence-corrected chi connectivity index (χ2v) is 8.31. The van der Waals surface area contributed by atoms with Crippen molar-refractivity contribution in [2.45, 2.75) is 0 Å². The highest BCUT2D eigenvalue weighted by atomic mass is 35.5. The number of oxazole rings is 1. The summed E-state index contributed by atoms with van der Waals surface area (Å²) in [5, 5.41) is 3.67. The molecule has 8 heteroatoms. The number of methoxy groups -OCH3 is 1. The normalized spacial score (nSPS) is 11.3. The number of furan rings is 1. The predicted octanol–water partition coefficient (Wildman–Crippen LogP) is 7.72. The molecule has 0 aliphatic rings. The maximum atomic E-state index is 12.6. The molecular weight excluding hydrogens is 487 g/mol. The number of amides is 1. The van der Waals surface area contributed by atoms with Crippen molar-refractivity contribution in [3.05, 3.63) is 94.7 Å². The average molecular weight is 505 g/mol. The SMILES string of the molecule is COc1ccc(-c2nc3ccccc3o2)cc1NC(=O)C=Cc1ccc(-c2cccc(Cl)c2Cl)o1. The molecule has 0 bridgehead atoms. The van der Waals surface area contributed by atoms with Gasteiger partial charge in [0, 0.05) is 17.2 Å². The van der Waals surface area contributed by atoms with Gasteiger partial charge in [0.1, 0.15) is 22.8 Å². The summed E-state index contributed by atoms with van der Waals surface area (Å²) in [6.45, 7) is 0. The molecule has 1 amide bonds. The fourth-order valence-electron chi connectivity index (χ4n) is 3.55. The molecule has 6 nitrogen and oxygen atoms in total. The second kappa shape index (κ2) is 9.70. The minimum absolute atomic E-state index is 0.364. The van der Waals surface area contributed by atoms with Crippen LogP contribution in [-0.2, 0) is 4.79 Å². The number of benzene rings is 3. The number of rotatable bonds is 6. The number of ether oxygens (including phenoxy) is 1. The van der Waals surface area contributed by atoms with Gasteiger partial charge >= 0.3 is 0 Å². The molecule has 0 aliphatic carbocycles. The first-order chi connectivity index (χ1) is 17.0. The Morgan fingerprint density at radius 2 is 1.86 bits per heavy atom. The Hall–Kier alpha value is -4.00. The van der Waals surface area contributed by atoms with Gasteiger partial charge in [0.2, 0.25) is 11.8 Å². The number of anilines is 1. The van der Waals surface area contributed by atoms with E-state index in [1.807, 2.05) is 36.4 Å². The quantitative estimate of drug-likeness (QED) is 0.239.